The standard InChI is InChI=1S/C24H26N2O4S/c1-17(2)8-9-18-10-12-19(13-11-18)24-21-14-25(15-23(28)26(21)22(24)16-27)31(29,30)20-6-4-3-5-7-20/h3-7,10-13,17,21-22,24,27H,14-16H2,1-2H3/t21-,22+,24+/m1/s1. The number of amides is 1. The van der Waals surface area contributed by atoms with Crippen molar-refractivity contribution in [2.45, 2.75) is 36.7 Å². The van der Waals surface area contributed by atoms with Crippen molar-refractivity contribution in [1.29, 1.82) is 0 Å². The van der Waals surface area contributed by atoms with Crippen LogP contribution in [0.2, 0.25) is 0 Å². The third kappa shape index (κ3) is 3.99. The highest BCUT2D eigenvalue weighted by Crippen LogP contribution is 2.43. The number of sulfonamides is 1. The molecule has 2 saturated heterocycles. The van der Waals surface area contributed by atoms with Gasteiger partial charge in [-0.05, 0) is 29.8 Å². The molecule has 7 heteroatoms. The zero-order chi connectivity index (χ0) is 22.2. The summed E-state index contributed by atoms with van der Waals surface area (Å²) in [6.07, 6.45) is 0. The van der Waals surface area contributed by atoms with Crippen molar-refractivity contribution in [3.05, 3.63) is 65.7 Å². The van der Waals surface area contributed by atoms with Crippen LogP contribution in [0.15, 0.2) is 59.5 Å². The first-order valence-electron chi connectivity index (χ1n) is 10.4. The molecule has 0 radical (unpaired) electrons. The second-order valence-electron chi connectivity index (χ2n) is 8.30. The summed E-state index contributed by atoms with van der Waals surface area (Å²) < 4.78 is 27.4. The van der Waals surface area contributed by atoms with Gasteiger partial charge in [0.2, 0.25) is 15.9 Å². The summed E-state index contributed by atoms with van der Waals surface area (Å²) in [6, 6.07) is 15.3. The lowest BCUT2D eigenvalue weighted by atomic mass is 9.74. The Morgan fingerprint density at radius 1 is 1.10 bits per heavy atom. The lowest BCUT2D eigenvalue weighted by molar-refractivity contribution is -0.158. The maximum atomic E-state index is 13.1. The van der Waals surface area contributed by atoms with Gasteiger partial charge in [0.15, 0.2) is 0 Å². The van der Waals surface area contributed by atoms with Crippen LogP contribution in [0.3, 0.4) is 0 Å². The molecule has 0 bridgehead atoms. The van der Waals surface area contributed by atoms with Crippen LogP contribution < -0.4 is 0 Å². The fourth-order valence-electron chi connectivity index (χ4n) is 4.41. The first-order chi connectivity index (χ1) is 14.8. The SMILES string of the molecule is CC(C)C#Cc1ccc([C@H]2[C@H]3CN(S(=O)(=O)c4ccccc4)CC(=O)N3[C@H]2CO)cc1. The van der Waals surface area contributed by atoms with Crippen LogP contribution in [0.5, 0.6) is 0 Å². The molecule has 0 unspecified atom stereocenters. The van der Waals surface area contributed by atoms with E-state index >= 15 is 0 Å². The molecule has 2 aromatic rings. The molecule has 31 heavy (non-hydrogen) atoms. The number of nitrogens with zero attached hydrogens (tertiary/aromatic N) is 2. The lowest BCUT2D eigenvalue weighted by Gasteiger charge is -2.58. The van der Waals surface area contributed by atoms with Gasteiger partial charge in [-0.3, -0.25) is 4.79 Å². The van der Waals surface area contributed by atoms with E-state index < -0.39 is 10.0 Å². The van der Waals surface area contributed by atoms with E-state index in [1.54, 1.807) is 23.1 Å². The number of hydrogen-bond acceptors (Lipinski definition) is 4. The van der Waals surface area contributed by atoms with Gasteiger partial charge in [0.1, 0.15) is 0 Å². The molecule has 0 aromatic heterocycles. The Labute approximate surface area is 183 Å². The molecule has 4 rings (SSSR count). The summed E-state index contributed by atoms with van der Waals surface area (Å²) in [6.45, 7) is 3.91. The smallest absolute Gasteiger partial charge is 0.243 e. The van der Waals surface area contributed by atoms with E-state index in [1.807, 2.05) is 38.1 Å². The van der Waals surface area contributed by atoms with E-state index in [1.165, 1.54) is 16.4 Å². The molecule has 2 aliphatic heterocycles. The highest BCUT2D eigenvalue weighted by molar-refractivity contribution is 7.89. The zero-order valence-corrected chi connectivity index (χ0v) is 18.4. The van der Waals surface area contributed by atoms with Crippen LogP contribution in [0, 0.1) is 17.8 Å². The van der Waals surface area contributed by atoms with Crippen molar-refractivity contribution in [3.63, 3.8) is 0 Å². The Kier molecular flexibility index (Phi) is 5.89. The topological polar surface area (TPSA) is 77.9 Å². The molecule has 0 aliphatic carbocycles. The fourth-order valence-corrected chi connectivity index (χ4v) is 5.84. The van der Waals surface area contributed by atoms with Gasteiger partial charge >= 0.3 is 0 Å². The van der Waals surface area contributed by atoms with E-state index in [0.717, 1.165) is 11.1 Å². The van der Waals surface area contributed by atoms with Crippen LogP contribution in [0.1, 0.15) is 30.9 Å². The molecule has 2 aliphatic rings. The number of fused-ring (bicyclic) bond motifs is 1. The molecule has 1 N–H and O–H groups in total. The summed E-state index contributed by atoms with van der Waals surface area (Å²) in [5.41, 5.74) is 1.88. The first kappa shape index (κ1) is 21.6. The molecular formula is C24H26N2O4S. The van der Waals surface area contributed by atoms with Gasteiger partial charge in [0.05, 0.1) is 30.1 Å². The first-order valence-corrected chi connectivity index (χ1v) is 11.9. The van der Waals surface area contributed by atoms with Gasteiger partial charge in [-0.1, -0.05) is 56.0 Å². The quantitative estimate of drug-likeness (QED) is 0.742. The largest absolute Gasteiger partial charge is 0.394 e. The summed E-state index contributed by atoms with van der Waals surface area (Å²) >= 11 is 0. The molecule has 2 aromatic carbocycles. The number of rotatable bonds is 4. The van der Waals surface area contributed by atoms with Crippen molar-refractivity contribution < 1.29 is 18.3 Å². The lowest BCUT2D eigenvalue weighted by Crippen LogP contribution is -2.73. The summed E-state index contributed by atoms with van der Waals surface area (Å²) in [4.78, 5) is 14.6. The van der Waals surface area contributed by atoms with Crippen molar-refractivity contribution in [1.82, 2.24) is 9.21 Å². The third-order valence-corrected chi connectivity index (χ3v) is 7.73. The molecule has 3 atom stereocenters. The number of carbonyl (C=O) groups is 1. The van der Waals surface area contributed by atoms with Crippen LogP contribution >= 0.6 is 0 Å². The van der Waals surface area contributed by atoms with E-state index in [9.17, 15) is 18.3 Å². The minimum absolute atomic E-state index is 0.130. The van der Waals surface area contributed by atoms with Crippen molar-refractivity contribution in [3.8, 4) is 11.8 Å². The number of aliphatic hydroxyl groups is 1. The number of piperazine rings is 1. The van der Waals surface area contributed by atoms with Crippen LogP contribution in [-0.4, -0.2) is 60.4 Å². The average molecular weight is 439 g/mol. The van der Waals surface area contributed by atoms with Crippen molar-refractivity contribution in [2.75, 3.05) is 19.7 Å². The van der Waals surface area contributed by atoms with Gasteiger partial charge < -0.3 is 10.0 Å². The minimum atomic E-state index is -3.76. The maximum absolute atomic E-state index is 13.1. The summed E-state index contributed by atoms with van der Waals surface area (Å²) in [5, 5.41) is 9.93. The molecule has 162 valence electrons. The Bertz CT molecular complexity index is 1120. The number of carbonyl (C=O) groups excluding carboxylic acids is 1. The second kappa shape index (κ2) is 8.46. The highest BCUT2D eigenvalue weighted by Gasteiger charge is 2.55. The molecule has 2 fully saturated rings. The Morgan fingerprint density at radius 2 is 1.77 bits per heavy atom. The van der Waals surface area contributed by atoms with Gasteiger partial charge in [-0.25, -0.2) is 8.42 Å². The summed E-state index contributed by atoms with van der Waals surface area (Å²) in [5.74, 6) is 6.14. The van der Waals surface area contributed by atoms with E-state index in [0.29, 0.717) is 0 Å². The van der Waals surface area contributed by atoms with Gasteiger partial charge in [-0.15, -0.1) is 0 Å². The predicted molar refractivity (Wildman–Crippen MR) is 118 cm³/mol. The summed E-state index contributed by atoms with van der Waals surface area (Å²) in [7, 11) is -3.76. The van der Waals surface area contributed by atoms with Crippen LogP contribution in [0.4, 0.5) is 0 Å². The second-order valence-corrected chi connectivity index (χ2v) is 10.2. The predicted octanol–water partition coefficient (Wildman–Crippen LogP) is 2.05. The average Bonchev–Trinajstić information content (AvgIpc) is 2.75. The molecule has 1 amide bonds. The Hall–Kier alpha value is -2.66. The number of hydrogen-bond donors (Lipinski definition) is 1. The monoisotopic (exact) mass is 438 g/mol. The fraction of sp³-hybridized carbons (Fsp3) is 0.375. The van der Waals surface area contributed by atoms with Crippen LogP contribution in [0.25, 0.3) is 0 Å². The Balaban J connectivity index is 1.60. The molecule has 0 saturated carbocycles. The van der Waals surface area contributed by atoms with Gasteiger partial charge in [0.25, 0.3) is 0 Å². The van der Waals surface area contributed by atoms with E-state index in [4.69, 9.17) is 0 Å². The number of benzene rings is 2. The molecular weight excluding hydrogens is 412 g/mol. The Morgan fingerprint density at radius 3 is 2.39 bits per heavy atom. The maximum Gasteiger partial charge on any atom is 0.243 e. The van der Waals surface area contributed by atoms with Crippen molar-refractivity contribution >= 4 is 15.9 Å². The number of aliphatic hydroxyl groups excluding tert-OH is 1. The van der Waals surface area contributed by atoms with Crippen LogP contribution in [-0.2, 0) is 14.8 Å². The molecule has 0 spiro atoms. The molecule has 2 heterocycles. The van der Waals surface area contributed by atoms with E-state index in [-0.39, 0.29) is 54.4 Å². The van der Waals surface area contributed by atoms with Gasteiger partial charge in [-0.2, -0.15) is 4.31 Å². The van der Waals surface area contributed by atoms with E-state index in [2.05, 4.69) is 11.8 Å². The third-order valence-electron chi connectivity index (χ3n) is 5.90. The highest BCUT2D eigenvalue weighted by atomic mass is 32.2. The minimum Gasteiger partial charge on any atom is -0.394 e. The zero-order valence-electron chi connectivity index (χ0n) is 17.6. The normalized spacial score (nSPS) is 23.7. The molecule has 6 nitrogen and oxygen atoms in total. The van der Waals surface area contributed by atoms with Gasteiger partial charge in [0, 0.05) is 23.9 Å². The van der Waals surface area contributed by atoms with Crippen molar-refractivity contribution in [2.24, 2.45) is 5.92 Å².